The molecule has 1 aromatic rings. The lowest BCUT2D eigenvalue weighted by atomic mass is 10.0. The molecule has 20 heavy (non-hydrogen) atoms. The number of carbonyl (C=O) groups is 1. The van der Waals surface area contributed by atoms with Gasteiger partial charge in [0, 0.05) is 26.3 Å². The Morgan fingerprint density at radius 1 is 1.60 bits per heavy atom. The zero-order valence-corrected chi connectivity index (χ0v) is 12.9. The number of hydrogen-bond acceptors (Lipinski definition) is 4. The van der Waals surface area contributed by atoms with Gasteiger partial charge in [-0.3, -0.25) is 4.79 Å². The smallest absolute Gasteiger partial charge is 0.236 e. The van der Waals surface area contributed by atoms with E-state index in [2.05, 4.69) is 9.55 Å². The van der Waals surface area contributed by atoms with Gasteiger partial charge in [0.2, 0.25) is 5.91 Å². The average Bonchev–Trinajstić information content (AvgIpc) is 3.09. The summed E-state index contributed by atoms with van der Waals surface area (Å²) >= 11 is 1.79. The van der Waals surface area contributed by atoms with E-state index in [9.17, 15) is 4.79 Å². The molecule has 0 N–H and O–H groups in total. The first-order valence-corrected chi connectivity index (χ1v) is 8.15. The van der Waals surface area contributed by atoms with Crippen molar-refractivity contribution < 1.29 is 9.53 Å². The zero-order valence-electron chi connectivity index (χ0n) is 12.0. The van der Waals surface area contributed by atoms with E-state index < -0.39 is 0 Å². The summed E-state index contributed by atoms with van der Waals surface area (Å²) in [5.74, 6) is 1.37. The van der Waals surface area contributed by atoms with Gasteiger partial charge in [-0.15, -0.1) is 11.8 Å². The van der Waals surface area contributed by atoms with Crippen molar-refractivity contribution in [3.63, 3.8) is 0 Å². The van der Waals surface area contributed by atoms with Gasteiger partial charge < -0.3 is 14.2 Å². The normalized spacial score (nSPS) is 25.8. The highest BCUT2D eigenvalue weighted by atomic mass is 32.2. The molecule has 1 aromatic heterocycles. The summed E-state index contributed by atoms with van der Waals surface area (Å²) in [7, 11) is 3.71. The predicted octanol–water partition coefficient (Wildman–Crippen LogP) is 1.22. The SMILES string of the molecule is COC[C@H]1Cc2c(ncn2C)CN1C(=O)[C@@H]1CCCS1. The molecule has 0 aliphatic carbocycles. The summed E-state index contributed by atoms with van der Waals surface area (Å²) in [6, 6.07) is 0.136. The second kappa shape index (κ2) is 5.77. The molecule has 2 atom stereocenters. The van der Waals surface area contributed by atoms with E-state index in [1.807, 2.05) is 18.3 Å². The lowest BCUT2D eigenvalue weighted by molar-refractivity contribution is -0.135. The number of ether oxygens (including phenoxy) is 1. The van der Waals surface area contributed by atoms with Gasteiger partial charge in [-0.1, -0.05) is 0 Å². The summed E-state index contributed by atoms with van der Waals surface area (Å²) in [6.07, 6.45) is 4.84. The fourth-order valence-electron chi connectivity index (χ4n) is 3.08. The van der Waals surface area contributed by atoms with Crippen LogP contribution in [-0.2, 0) is 29.5 Å². The van der Waals surface area contributed by atoms with Gasteiger partial charge in [-0.25, -0.2) is 4.98 Å². The second-order valence-electron chi connectivity index (χ2n) is 5.53. The van der Waals surface area contributed by atoms with Gasteiger partial charge >= 0.3 is 0 Å². The van der Waals surface area contributed by atoms with Crippen LogP contribution in [0.25, 0.3) is 0 Å². The van der Waals surface area contributed by atoms with Crippen LogP contribution in [0.1, 0.15) is 24.2 Å². The number of fused-ring (bicyclic) bond motifs is 1. The van der Waals surface area contributed by atoms with E-state index >= 15 is 0 Å². The van der Waals surface area contributed by atoms with Crippen molar-refractivity contribution >= 4 is 17.7 Å². The molecule has 1 amide bonds. The summed E-state index contributed by atoms with van der Waals surface area (Å²) < 4.78 is 7.39. The maximum Gasteiger partial charge on any atom is 0.236 e. The van der Waals surface area contributed by atoms with Gasteiger partial charge in [-0.2, -0.15) is 0 Å². The number of thioether (sulfide) groups is 1. The number of methoxy groups -OCH3 is 1. The topological polar surface area (TPSA) is 47.4 Å². The number of rotatable bonds is 3. The Balaban J connectivity index is 1.82. The third kappa shape index (κ3) is 2.46. The Labute approximate surface area is 123 Å². The molecule has 1 fully saturated rings. The van der Waals surface area contributed by atoms with Gasteiger partial charge in [0.25, 0.3) is 0 Å². The van der Waals surface area contributed by atoms with Crippen molar-refractivity contribution in [1.82, 2.24) is 14.5 Å². The Morgan fingerprint density at radius 3 is 3.15 bits per heavy atom. The lowest BCUT2D eigenvalue weighted by Gasteiger charge is -2.36. The van der Waals surface area contributed by atoms with Crippen LogP contribution in [-0.4, -0.2) is 51.1 Å². The number of aryl methyl sites for hydroxylation is 1. The Bertz CT molecular complexity index is 497. The Morgan fingerprint density at radius 2 is 2.45 bits per heavy atom. The van der Waals surface area contributed by atoms with E-state index in [0.29, 0.717) is 13.2 Å². The zero-order chi connectivity index (χ0) is 14.1. The van der Waals surface area contributed by atoms with Crippen LogP contribution in [0.4, 0.5) is 0 Å². The molecular formula is C14H21N3O2S. The first kappa shape index (κ1) is 13.9. The maximum absolute atomic E-state index is 12.7. The van der Waals surface area contributed by atoms with Crippen molar-refractivity contribution in [2.75, 3.05) is 19.5 Å². The number of aromatic nitrogens is 2. The standard InChI is InChI=1S/C14H21N3O2S/c1-16-9-15-11-7-17(10(8-19-2)6-12(11)16)14(18)13-4-3-5-20-13/h9-10,13H,3-8H2,1-2H3/t10-,13+/m1/s1. The molecule has 0 saturated carbocycles. The first-order valence-electron chi connectivity index (χ1n) is 7.10. The van der Waals surface area contributed by atoms with Crippen LogP contribution in [0.15, 0.2) is 6.33 Å². The Kier molecular flexibility index (Phi) is 4.03. The van der Waals surface area contributed by atoms with E-state index in [1.165, 1.54) is 5.69 Å². The van der Waals surface area contributed by atoms with Crippen molar-refractivity contribution in [2.45, 2.75) is 37.1 Å². The maximum atomic E-state index is 12.7. The Hall–Kier alpha value is -1.01. The highest BCUT2D eigenvalue weighted by Gasteiger charge is 2.36. The van der Waals surface area contributed by atoms with Crippen LogP contribution < -0.4 is 0 Å². The number of hydrogen-bond donors (Lipinski definition) is 0. The molecule has 0 spiro atoms. The molecular weight excluding hydrogens is 274 g/mol. The first-order chi connectivity index (χ1) is 9.70. The largest absolute Gasteiger partial charge is 0.383 e. The molecule has 1 saturated heterocycles. The van der Waals surface area contributed by atoms with E-state index in [1.54, 1.807) is 18.9 Å². The fourth-order valence-corrected chi connectivity index (χ4v) is 4.31. The van der Waals surface area contributed by atoms with Crippen molar-refractivity contribution in [3.8, 4) is 0 Å². The number of carbonyl (C=O) groups excluding carboxylic acids is 1. The van der Waals surface area contributed by atoms with Gasteiger partial charge in [0.15, 0.2) is 0 Å². The summed E-state index contributed by atoms with van der Waals surface area (Å²) in [5.41, 5.74) is 2.27. The van der Waals surface area contributed by atoms with Gasteiger partial charge in [-0.05, 0) is 18.6 Å². The van der Waals surface area contributed by atoms with Gasteiger partial charge in [0.1, 0.15) is 0 Å². The van der Waals surface area contributed by atoms with Crippen LogP contribution in [0, 0.1) is 0 Å². The molecule has 3 rings (SSSR count). The third-order valence-corrected chi connectivity index (χ3v) is 5.55. The minimum atomic E-state index is 0.136. The monoisotopic (exact) mass is 295 g/mol. The molecule has 0 radical (unpaired) electrons. The van der Waals surface area contributed by atoms with Gasteiger partial charge in [0.05, 0.1) is 36.5 Å². The molecule has 3 heterocycles. The highest BCUT2D eigenvalue weighted by molar-refractivity contribution is 8.00. The quantitative estimate of drug-likeness (QED) is 0.841. The minimum absolute atomic E-state index is 0.136. The summed E-state index contributed by atoms with van der Waals surface area (Å²) in [4.78, 5) is 19.1. The third-order valence-electron chi connectivity index (χ3n) is 4.18. The van der Waals surface area contributed by atoms with Crippen molar-refractivity contribution in [1.29, 1.82) is 0 Å². The second-order valence-corrected chi connectivity index (χ2v) is 6.84. The van der Waals surface area contributed by atoms with Crippen LogP contribution in [0.3, 0.4) is 0 Å². The molecule has 2 aliphatic rings. The molecule has 0 aromatic carbocycles. The molecule has 6 heteroatoms. The van der Waals surface area contributed by atoms with Crippen LogP contribution >= 0.6 is 11.8 Å². The molecule has 0 unspecified atom stereocenters. The lowest BCUT2D eigenvalue weighted by Crippen LogP contribution is -2.49. The molecule has 5 nitrogen and oxygen atoms in total. The average molecular weight is 295 g/mol. The molecule has 2 aliphatic heterocycles. The molecule has 0 bridgehead atoms. The highest BCUT2D eigenvalue weighted by Crippen LogP contribution is 2.31. The number of nitrogens with zero attached hydrogens (tertiary/aromatic N) is 3. The van der Waals surface area contributed by atoms with E-state index in [4.69, 9.17) is 4.74 Å². The van der Waals surface area contributed by atoms with Crippen LogP contribution in [0.2, 0.25) is 0 Å². The van der Waals surface area contributed by atoms with Crippen molar-refractivity contribution in [3.05, 3.63) is 17.7 Å². The van der Waals surface area contributed by atoms with Crippen LogP contribution in [0.5, 0.6) is 0 Å². The van der Waals surface area contributed by atoms with E-state index in [0.717, 1.165) is 30.7 Å². The summed E-state index contributed by atoms with van der Waals surface area (Å²) in [5, 5.41) is 0.139. The predicted molar refractivity (Wildman–Crippen MR) is 78.6 cm³/mol. The van der Waals surface area contributed by atoms with Crippen molar-refractivity contribution in [2.24, 2.45) is 7.05 Å². The molecule has 110 valence electrons. The number of amides is 1. The van der Waals surface area contributed by atoms with E-state index in [-0.39, 0.29) is 17.2 Å². The minimum Gasteiger partial charge on any atom is -0.383 e. The summed E-state index contributed by atoms with van der Waals surface area (Å²) in [6.45, 7) is 1.22. The number of imidazole rings is 1. The fraction of sp³-hybridized carbons (Fsp3) is 0.714.